The predicted molar refractivity (Wildman–Crippen MR) is 95.6 cm³/mol. The van der Waals surface area contributed by atoms with Crippen molar-refractivity contribution in [2.75, 3.05) is 18.4 Å². The smallest absolute Gasteiger partial charge is 0.410 e. The molecule has 132 valence electrons. The summed E-state index contributed by atoms with van der Waals surface area (Å²) in [6.07, 6.45) is 0.839. The number of hydrogen-bond acceptors (Lipinski definition) is 3. The Morgan fingerprint density at radius 1 is 1.21 bits per heavy atom. The molecule has 1 saturated heterocycles. The van der Waals surface area contributed by atoms with Crippen LogP contribution >= 0.6 is 23.2 Å². The van der Waals surface area contributed by atoms with Gasteiger partial charge in [-0.1, -0.05) is 23.2 Å². The van der Waals surface area contributed by atoms with E-state index in [1.807, 2.05) is 20.8 Å². The maximum Gasteiger partial charge on any atom is 0.410 e. The highest BCUT2D eigenvalue weighted by Gasteiger charge is 2.30. The van der Waals surface area contributed by atoms with Crippen molar-refractivity contribution in [1.29, 1.82) is 0 Å². The molecular formula is C17H22Cl2N2O3. The standard InChI is InChI=1S/C17H22Cl2N2O3/c1-17(2,3)24-16(23)21-8-6-11(7-9-21)15(22)20-14-10-12(18)4-5-13(14)19/h4-5,10-11H,6-9H2,1-3H3,(H,20,22). The number of likely N-dealkylation sites (tertiary alicyclic amines) is 1. The monoisotopic (exact) mass is 372 g/mol. The van der Waals surface area contributed by atoms with Gasteiger partial charge in [-0.05, 0) is 51.8 Å². The highest BCUT2D eigenvalue weighted by Crippen LogP contribution is 2.27. The van der Waals surface area contributed by atoms with Crippen LogP contribution < -0.4 is 5.32 Å². The molecule has 1 fully saturated rings. The van der Waals surface area contributed by atoms with Crippen LogP contribution in [0.1, 0.15) is 33.6 Å². The molecule has 0 aromatic heterocycles. The average Bonchev–Trinajstić information content (AvgIpc) is 2.49. The first kappa shape index (κ1) is 18.9. The molecule has 0 bridgehead atoms. The molecule has 1 aromatic rings. The fraction of sp³-hybridized carbons (Fsp3) is 0.529. The van der Waals surface area contributed by atoms with E-state index in [2.05, 4.69) is 5.32 Å². The lowest BCUT2D eigenvalue weighted by Crippen LogP contribution is -2.43. The van der Waals surface area contributed by atoms with Gasteiger partial charge >= 0.3 is 6.09 Å². The van der Waals surface area contributed by atoms with Crippen molar-refractivity contribution in [2.45, 2.75) is 39.2 Å². The van der Waals surface area contributed by atoms with Gasteiger partial charge in [-0.3, -0.25) is 4.79 Å². The van der Waals surface area contributed by atoms with Gasteiger partial charge in [0.25, 0.3) is 0 Å². The third-order valence-electron chi connectivity index (χ3n) is 3.70. The molecule has 1 aliphatic heterocycles. The van der Waals surface area contributed by atoms with Gasteiger partial charge in [0, 0.05) is 24.0 Å². The average molecular weight is 373 g/mol. The normalized spacial score (nSPS) is 16.0. The van der Waals surface area contributed by atoms with Crippen LogP contribution in [0.3, 0.4) is 0 Å². The molecule has 0 radical (unpaired) electrons. The van der Waals surface area contributed by atoms with Gasteiger partial charge in [-0.15, -0.1) is 0 Å². The Morgan fingerprint density at radius 2 is 1.83 bits per heavy atom. The number of anilines is 1. The largest absolute Gasteiger partial charge is 0.444 e. The number of carbonyl (C=O) groups excluding carboxylic acids is 2. The Balaban J connectivity index is 1.89. The van der Waals surface area contributed by atoms with E-state index in [-0.39, 0.29) is 17.9 Å². The Labute approximate surface area is 152 Å². The van der Waals surface area contributed by atoms with Crippen LogP contribution in [0, 0.1) is 5.92 Å². The quantitative estimate of drug-likeness (QED) is 0.826. The lowest BCUT2D eigenvalue weighted by molar-refractivity contribution is -0.121. The van der Waals surface area contributed by atoms with E-state index in [1.165, 1.54) is 0 Å². The van der Waals surface area contributed by atoms with E-state index in [9.17, 15) is 9.59 Å². The first-order valence-electron chi connectivity index (χ1n) is 7.89. The van der Waals surface area contributed by atoms with E-state index >= 15 is 0 Å². The molecule has 2 rings (SSSR count). The second kappa shape index (κ2) is 7.62. The molecule has 0 saturated carbocycles. The molecule has 24 heavy (non-hydrogen) atoms. The Kier molecular flexibility index (Phi) is 5.99. The summed E-state index contributed by atoms with van der Waals surface area (Å²) < 4.78 is 5.35. The number of carbonyl (C=O) groups is 2. The zero-order valence-electron chi connectivity index (χ0n) is 14.1. The van der Waals surface area contributed by atoms with Gasteiger partial charge in [0.15, 0.2) is 0 Å². The minimum Gasteiger partial charge on any atom is -0.444 e. The molecule has 1 aromatic carbocycles. The van der Waals surface area contributed by atoms with Crippen LogP contribution in [0.15, 0.2) is 18.2 Å². The summed E-state index contributed by atoms with van der Waals surface area (Å²) in [6, 6.07) is 4.93. The van der Waals surface area contributed by atoms with Crippen LogP contribution in [0.4, 0.5) is 10.5 Å². The molecule has 7 heteroatoms. The molecular weight excluding hydrogens is 351 g/mol. The molecule has 5 nitrogen and oxygen atoms in total. The van der Waals surface area contributed by atoms with Crippen LogP contribution in [0.25, 0.3) is 0 Å². The molecule has 1 aliphatic rings. The summed E-state index contributed by atoms with van der Waals surface area (Å²) in [5.41, 5.74) is -0.0158. The molecule has 0 spiro atoms. The lowest BCUT2D eigenvalue weighted by atomic mass is 9.96. The van der Waals surface area contributed by atoms with Crippen molar-refractivity contribution >= 4 is 40.9 Å². The highest BCUT2D eigenvalue weighted by molar-refractivity contribution is 6.35. The van der Waals surface area contributed by atoms with Crippen molar-refractivity contribution in [3.8, 4) is 0 Å². The van der Waals surface area contributed by atoms with E-state index in [0.717, 1.165) is 0 Å². The van der Waals surface area contributed by atoms with E-state index < -0.39 is 5.60 Å². The summed E-state index contributed by atoms with van der Waals surface area (Å²) >= 11 is 12.0. The first-order valence-corrected chi connectivity index (χ1v) is 8.65. The van der Waals surface area contributed by atoms with Crippen LogP contribution in [0.5, 0.6) is 0 Å². The minimum atomic E-state index is -0.519. The van der Waals surface area contributed by atoms with Gasteiger partial charge in [-0.25, -0.2) is 4.79 Å². The number of nitrogens with zero attached hydrogens (tertiary/aromatic N) is 1. The van der Waals surface area contributed by atoms with Gasteiger partial charge < -0.3 is 15.0 Å². The van der Waals surface area contributed by atoms with E-state index in [1.54, 1.807) is 23.1 Å². The Hall–Kier alpha value is -1.46. The lowest BCUT2D eigenvalue weighted by Gasteiger charge is -2.33. The number of benzene rings is 1. The maximum absolute atomic E-state index is 12.4. The molecule has 0 aliphatic carbocycles. The number of halogens is 2. The van der Waals surface area contributed by atoms with E-state index in [4.69, 9.17) is 27.9 Å². The molecule has 0 atom stereocenters. The van der Waals surface area contributed by atoms with Crippen LogP contribution in [-0.2, 0) is 9.53 Å². The summed E-state index contributed by atoms with van der Waals surface area (Å²) in [7, 11) is 0. The second-order valence-corrected chi connectivity index (χ2v) is 7.70. The topological polar surface area (TPSA) is 58.6 Å². The number of nitrogens with one attached hydrogen (secondary N) is 1. The van der Waals surface area contributed by atoms with Gasteiger partial charge in [-0.2, -0.15) is 0 Å². The number of amides is 2. The van der Waals surface area contributed by atoms with Gasteiger partial charge in [0.1, 0.15) is 5.60 Å². The Bertz CT molecular complexity index is 621. The van der Waals surface area contributed by atoms with Crippen LogP contribution in [-0.4, -0.2) is 35.6 Å². The third-order valence-corrected chi connectivity index (χ3v) is 4.27. The van der Waals surface area contributed by atoms with Crippen LogP contribution in [0.2, 0.25) is 10.0 Å². The van der Waals surface area contributed by atoms with Crippen molar-refractivity contribution in [3.05, 3.63) is 28.2 Å². The predicted octanol–water partition coefficient (Wildman–Crippen LogP) is 4.58. The van der Waals surface area contributed by atoms with Crippen molar-refractivity contribution in [3.63, 3.8) is 0 Å². The minimum absolute atomic E-state index is 0.108. The SMILES string of the molecule is CC(C)(C)OC(=O)N1CCC(C(=O)Nc2cc(Cl)ccc2Cl)CC1. The Morgan fingerprint density at radius 3 is 2.42 bits per heavy atom. The summed E-state index contributed by atoms with van der Waals surface area (Å²) in [4.78, 5) is 26.1. The van der Waals surface area contributed by atoms with E-state index in [0.29, 0.717) is 41.7 Å². The molecule has 1 N–H and O–H groups in total. The zero-order valence-corrected chi connectivity index (χ0v) is 15.6. The number of hydrogen-bond donors (Lipinski definition) is 1. The summed E-state index contributed by atoms with van der Waals surface area (Å²) in [5.74, 6) is -0.276. The number of ether oxygens (including phenoxy) is 1. The summed E-state index contributed by atoms with van der Waals surface area (Å²) in [5, 5.41) is 3.77. The maximum atomic E-state index is 12.4. The van der Waals surface area contributed by atoms with Crippen molar-refractivity contribution in [1.82, 2.24) is 4.90 Å². The molecule has 2 amide bonds. The number of piperidine rings is 1. The zero-order chi connectivity index (χ0) is 17.9. The van der Waals surface area contributed by atoms with Gasteiger partial charge in [0.2, 0.25) is 5.91 Å². The molecule has 1 heterocycles. The highest BCUT2D eigenvalue weighted by atomic mass is 35.5. The first-order chi connectivity index (χ1) is 11.2. The fourth-order valence-corrected chi connectivity index (χ4v) is 2.82. The second-order valence-electron chi connectivity index (χ2n) is 6.86. The number of rotatable bonds is 2. The third kappa shape index (κ3) is 5.28. The van der Waals surface area contributed by atoms with Crippen molar-refractivity contribution < 1.29 is 14.3 Å². The molecule has 0 unspecified atom stereocenters. The summed E-state index contributed by atoms with van der Waals surface area (Å²) in [6.45, 7) is 6.49. The fourth-order valence-electron chi connectivity index (χ4n) is 2.48. The van der Waals surface area contributed by atoms with Crippen molar-refractivity contribution in [2.24, 2.45) is 5.92 Å². The van der Waals surface area contributed by atoms with Gasteiger partial charge in [0.05, 0.1) is 10.7 Å².